The molecule has 12 nitrogen and oxygen atoms in total. The van der Waals surface area contributed by atoms with Crippen LogP contribution in [0, 0.1) is 5.92 Å². The number of carboxylic acid groups (broad SMARTS) is 2. The van der Waals surface area contributed by atoms with Crippen molar-refractivity contribution in [3.05, 3.63) is 0 Å². The van der Waals surface area contributed by atoms with Gasteiger partial charge in [0.25, 0.3) is 0 Å². The largest absolute Gasteiger partial charge is 0.481 e. The van der Waals surface area contributed by atoms with Crippen molar-refractivity contribution in [2.75, 3.05) is 12.3 Å². The van der Waals surface area contributed by atoms with Crippen molar-refractivity contribution in [2.24, 2.45) is 17.4 Å². The Labute approximate surface area is 199 Å². The highest BCUT2D eigenvalue weighted by Crippen LogP contribution is 2.10. The lowest BCUT2D eigenvalue weighted by molar-refractivity contribution is -0.144. The summed E-state index contributed by atoms with van der Waals surface area (Å²) in [7, 11) is 0. The molecule has 13 heteroatoms. The number of carbonyl (C=O) groups is 5. The number of carbonyl (C=O) groups excluding carboxylic acids is 3. The first-order valence-electron chi connectivity index (χ1n) is 10.9. The van der Waals surface area contributed by atoms with Crippen molar-refractivity contribution < 1.29 is 34.2 Å². The average Bonchev–Trinajstić information content (AvgIpc) is 2.77. The highest BCUT2D eigenvalue weighted by Gasteiger charge is 2.31. The van der Waals surface area contributed by atoms with Crippen LogP contribution >= 0.6 is 12.6 Å². The van der Waals surface area contributed by atoms with Crippen LogP contribution in [0.2, 0.25) is 0 Å². The van der Waals surface area contributed by atoms with Gasteiger partial charge in [-0.15, -0.1) is 0 Å². The molecule has 0 spiro atoms. The van der Waals surface area contributed by atoms with Gasteiger partial charge in [0.1, 0.15) is 18.1 Å². The third kappa shape index (κ3) is 11.9. The second-order valence-electron chi connectivity index (χ2n) is 7.84. The van der Waals surface area contributed by atoms with Crippen LogP contribution in [0.25, 0.3) is 0 Å². The van der Waals surface area contributed by atoms with E-state index in [2.05, 4.69) is 28.6 Å². The van der Waals surface area contributed by atoms with Gasteiger partial charge in [-0.1, -0.05) is 20.3 Å². The lowest BCUT2D eigenvalue weighted by Gasteiger charge is -2.26. The van der Waals surface area contributed by atoms with E-state index in [0.717, 1.165) is 0 Å². The zero-order valence-corrected chi connectivity index (χ0v) is 20.0. The molecule has 190 valence electrons. The number of unbranched alkanes of at least 4 members (excludes halogenated alkanes) is 1. The first-order chi connectivity index (χ1) is 15.5. The van der Waals surface area contributed by atoms with Crippen molar-refractivity contribution in [1.82, 2.24) is 16.0 Å². The highest BCUT2D eigenvalue weighted by molar-refractivity contribution is 7.80. The monoisotopic (exact) mass is 491 g/mol. The van der Waals surface area contributed by atoms with Gasteiger partial charge in [0.2, 0.25) is 17.7 Å². The summed E-state index contributed by atoms with van der Waals surface area (Å²) in [5.41, 5.74) is 11.2. The van der Waals surface area contributed by atoms with Gasteiger partial charge in [0, 0.05) is 12.2 Å². The number of rotatable bonds is 17. The zero-order chi connectivity index (χ0) is 25.6. The third-order valence-corrected chi connectivity index (χ3v) is 5.54. The Morgan fingerprint density at radius 2 is 1.48 bits per heavy atom. The lowest BCUT2D eigenvalue weighted by atomic mass is 9.98. The van der Waals surface area contributed by atoms with E-state index >= 15 is 0 Å². The molecule has 0 aliphatic rings. The van der Waals surface area contributed by atoms with Crippen LogP contribution in [-0.4, -0.2) is 76.3 Å². The number of nitrogens with two attached hydrogens (primary N) is 2. The minimum atomic E-state index is -1.18. The van der Waals surface area contributed by atoms with Crippen molar-refractivity contribution in [3.63, 3.8) is 0 Å². The van der Waals surface area contributed by atoms with Gasteiger partial charge in [-0.2, -0.15) is 12.6 Å². The van der Waals surface area contributed by atoms with E-state index in [1.54, 1.807) is 13.8 Å². The molecule has 3 amide bonds. The minimum absolute atomic E-state index is 0.106. The molecule has 0 saturated heterocycles. The number of thiol groups is 1. The Bertz CT molecular complexity index is 679. The molecular formula is C20H37N5O7S. The van der Waals surface area contributed by atoms with E-state index in [9.17, 15) is 29.1 Å². The Kier molecular flexibility index (Phi) is 15.1. The fourth-order valence-electron chi connectivity index (χ4n) is 2.85. The van der Waals surface area contributed by atoms with Crippen molar-refractivity contribution in [1.29, 1.82) is 0 Å². The van der Waals surface area contributed by atoms with Crippen LogP contribution in [0.5, 0.6) is 0 Å². The molecule has 0 saturated carbocycles. The van der Waals surface area contributed by atoms with Gasteiger partial charge in [-0.25, -0.2) is 4.79 Å². The van der Waals surface area contributed by atoms with Gasteiger partial charge < -0.3 is 37.6 Å². The number of hydrogen-bond acceptors (Lipinski definition) is 8. The first kappa shape index (κ1) is 30.6. The zero-order valence-electron chi connectivity index (χ0n) is 19.1. The van der Waals surface area contributed by atoms with Crippen LogP contribution in [-0.2, 0) is 24.0 Å². The molecule has 5 unspecified atom stereocenters. The van der Waals surface area contributed by atoms with Crippen LogP contribution < -0.4 is 27.4 Å². The summed E-state index contributed by atoms with van der Waals surface area (Å²) >= 11 is 4.06. The summed E-state index contributed by atoms with van der Waals surface area (Å²) in [6.07, 6.45) is 1.42. The normalized spacial score (nSPS) is 15.4. The average molecular weight is 492 g/mol. The fourth-order valence-corrected chi connectivity index (χ4v) is 3.11. The molecule has 0 aliphatic carbocycles. The van der Waals surface area contributed by atoms with Gasteiger partial charge in [-0.3, -0.25) is 19.2 Å². The third-order valence-electron chi connectivity index (χ3n) is 5.18. The van der Waals surface area contributed by atoms with Gasteiger partial charge in [-0.05, 0) is 38.1 Å². The van der Waals surface area contributed by atoms with Crippen LogP contribution in [0.3, 0.4) is 0 Å². The summed E-state index contributed by atoms with van der Waals surface area (Å²) in [5.74, 6) is -4.81. The van der Waals surface area contributed by atoms with E-state index < -0.39 is 53.8 Å². The molecule has 0 fully saturated rings. The first-order valence-corrected chi connectivity index (χ1v) is 11.5. The van der Waals surface area contributed by atoms with Gasteiger partial charge in [0.05, 0.1) is 6.04 Å². The molecule has 0 heterocycles. The Morgan fingerprint density at radius 1 is 0.909 bits per heavy atom. The van der Waals surface area contributed by atoms with Crippen LogP contribution in [0.1, 0.15) is 52.4 Å². The van der Waals surface area contributed by atoms with Crippen molar-refractivity contribution in [2.45, 2.75) is 76.5 Å². The van der Waals surface area contributed by atoms with Gasteiger partial charge in [0.15, 0.2) is 0 Å². The van der Waals surface area contributed by atoms with Crippen LogP contribution in [0.15, 0.2) is 0 Å². The summed E-state index contributed by atoms with van der Waals surface area (Å²) in [5, 5.41) is 25.5. The summed E-state index contributed by atoms with van der Waals surface area (Å²) in [6, 6.07) is -4.43. The molecular weight excluding hydrogens is 454 g/mol. The second-order valence-corrected chi connectivity index (χ2v) is 8.20. The van der Waals surface area contributed by atoms with E-state index in [4.69, 9.17) is 16.6 Å². The molecule has 0 bridgehead atoms. The molecule has 33 heavy (non-hydrogen) atoms. The maximum Gasteiger partial charge on any atom is 0.326 e. The predicted molar refractivity (Wildman–Crippen MR) is 124 cm³/mol. The SMILES string of the molecule is CCC(C)C(NC(=O)C(CCCCN)NC(=O)C(CS)NC(=O)C(N)CCC(=O)O)C(=O)O. The number of carboxylic acids is 2. The topological polar surface area (TPSA) is 214 Å². The number of amides is 3. The maximum atomic E-state index is 12.8. The predicted octanol–water partition coefficient (Wildman–Crippen LogP) is -1.18. The highest BCUT2D eigenvalue weighted by atomic mass is 32.1. The molecule has 5 atom stereocenters. The van der Waals surface area contributed by atoms with Gasteiger partial charge >= 0.3 is 11.9 Å². The quantitative estimate of drug-likeness (QED) is 0.0906. The maximum absolute atomic E-state index is 12.8. The Balaban J connectivity index is 5.28. The Morgan fingerprint density at radius 3 is 1.97 bits per heavy atom. The molecule has 9 N–H and O–H groups in total. The second kappa shape index (κ2) is 16.3. The number of aliphatic carboxylic acids is 2. The molecule has 0 aromatic carbocycles. The molecule has 0 radical (unpaired) electrons. The Hall–Kier alpha value is -2.38. The van der Waals surface area contributed by atoms with E-state index in [-0.39, 0.29) is 30.9 Å². The molecule has 0 aromatic heterocycles. The van der Waals surface area contributed by atoms with E-state index in [1.165, 1.54) is 0 Å². The number of hydrogen-bond donors (Lipinski definition) is 8. The lowest BCUT2D eigenvalue weighted by Crippen LogP contribution is -2.58. The molecule has 0 rings (SSSR count). The van der Waals surface area contributed by atoms with E-state index in [0.29, 0.717) is 25.8 Å². The standard InChI is InChI=1S/C20H37N5O7S/c1-3-11(2)16(20(31)32)25-18(29)13(6-4-5-9-21)23-19(30)14(10-33)24-17(28)12(22)7-8-15(26)27/h11-14,16,33H,3-10,21-22H2,1-2H3,(H,23,30)(H,24,28)(H,25,29)(H,26,27)(H,31,32). The summed E-state index contributed by atoms with van der Waals surface area (Å²) in [4.78, 5) is 59.9. The van der Waals surface area contributed by atoms with Crippen molar-refractivity contribution >= 4 is 42.3 Å². The molecule has 0 aromatic rings. The van der Waals surface area contributed by atoms with E-state index in [1.807, 2.05) is 0 Å². The summed E-state index contributed by atoms with van der Waals surface area (Å²) in [6.45, 7) is 3.88. The number of nitrogens with one attached hydrogen (secondary N) is 3. The molecule has 0 aliphatic heterocycles. The minimum Gasteiger partial charge on any atom is -0.481 e. The van der Waals surface area contributed by atoms with Crippen molar-refractivity contribution in [3.8, 4) is 0 Å². The van der Waals surface area contributed by atoms with Crippen LogP contribution in [0.4, 0.5) is 0 Å². The smallest absolute Gasteiger partial charge is 0.326 e. The fraction of sp³-hybridized carbons (Fsp3) is 0.750. The summed E-state index contributed by atoms with van der Waals surface area (Å²) < 4.78 is 0.